The van der Waals surface area contributed by atoms with Gasteiger partial charge in [-0.05, 0) is 93.1 Å². The van der Waals surface area contributed by atoms with Crippen LogP contribution < -0.4 is 5.32 Å². The van der Waals surface area contributed by atoms with Gasteiger partial charge in [0.2, 0.25) is 5.91 Å². The highest BCUT2D eigenvalue weighted by atomic mass is 16.1. The van der Waals surface area contributed by atoms with Crippen LogP contribution in [0.15, 0.2) is 36.4 Å². The molecule has 0 atom stereocenters. The van der Waals surface area contributed by atoms with Crippen molar-refractivity contribution in [2.24, 2.45) is 17.8 Å². The molecule has 2 aliphatic rings. The zero-order chi connectivity index (χ0) is 22.8. The number of hydrogen-bond acceptors (Lipinski definition) is 1. The van der Waals surface area contributed by atoms with E-state index in [1.165, 1.54) is 82.6 Å². The number of unbranched alkanes of at least 4 members (excludes halogenated alkanes) is 2. The Morgan fingerprint density at radius 3 is 2.12 bits per heavy atom. The molecule has 1 N–H and O–H groups in total. The van der Waals surface area contributed by atoms with Gasteiger partial charge in [-0.1, -0.05) is 76.3 Å². The zero-order valence-corrected chi connectivity index (χ0v) is 20.8. The largest absolute Gasteiger partial charge is 0.352 e. The molecule has 1 aromatic carbocycles. The predicted octanol–water partition coefficient (Wildman–Crippen LogP) is 7.97. The van der Waals surface area contributed by atoms with Crippen molar-refractivity contribution in [2.75, 3.05) is 6.54 Å². The minimum atomic E-state index is -0.0315. The second-order valence-corrected chi connectivity index (χ2v) is 10.8. The van der Waals surface area contributed by atoms with E-state index >= 15 is 0 Å². The van der Waals surface area contributed by atoms with Crippen molar-refractivity contribution in [1.29, 1.82) is 0 Å². The van der Waals surface area contributed by atoms with E-state index < -0.39 is 0 Å². The van der Waals surface area contributed by atoms with Gasteiger partial charge in [-0.15, -0.1) is 0 Å². The quantitative estimate of drug-likeness (QED) is 0.276. The average Bonchev–Trinajstić information content (AvgIpc) is 2.83. The van der Waals surface area contributed by atoms with E-state index in [4.69, 9.17) is 0 Å². The van der Waals surface area contributed by atoms with E-state index in [2.05, 4.69) is 43.1 Å². The number of benzene rings is 1. The van der Waals surface area contributed by atoms with Crippen LogP contribution in [0.25, 0.3) is 0 Å². The highest BCUT2D eigenvalue weighted by Gasteiger charge is 2.31. The molecule has 3 rings (SSSR count). The van der Waals surface area contributed by atoms with Crippen LogP contribution in [0.4, 0.5) is 0 Å². The van der Waals surface area contributed by atoms with Gasteiger partial charge in [0.25, 0.3) is 0 Å². The molecule has 1 aromatic rings. The van der Waals surface area contributed by atoms with Crippen LogP contribution in [-0.2, 0) is 11.2 Å². The Morgan fingerprint density at radius 2 is 1.53 bits per heavy atom. The summed E-state index contributed by atoms with van der Waals surface area (Å²) in [6.07, 6.45) is 19.4. The number of rotatable bonds is 11. The molecule has 0 radical (unpaired) electrons. The molecule has 2 aliphatic carbocycles. The fraction of sp³-hybridized carbons (Fsp3) is 0.700. The van der Waals surface area contributed by atoms with Gasteiger partial charge in [0.05, 0.1) is 0 Å². The number of hydrogen-bond donors (Lipinski definition) is 1. The van der Waals surface area contributed by atoms with E-state index in [1.807, 2.05) is 0 Å². The summed E-state index contributed by atoms with van der Waals surface area (Å²) in [4.78, 5) is 11.6. The van der Waals surface area contributed by atoms with Crippen molar-refractivity contribution in [2.45, 2.75) is 110 Å². The van der Waals surface area contributed by atoms with Gasteiger partial charge in [-0.2, -0.15) is 0 Å². The first-order valence-electron chi connectivity index (χ1n) is 13.6. The van der Waals surface area contributed by atoms with Crippen LogP contribution in [0.1, 0.15) is 114 Å². The molecule has 0 unspecified atom stereocenters. The molecule has 0 heterocycles. The number of nitrogens with one attached hydrogen (secondary N) is 1. The van der Waals surface area contributed by atoms with Crippen LogP contribution in [-0.4, -0.2) is 12.5 Å². The average molecular weight is 438 g/mol. The van der Waals surface area contributed by atoms with Crippen LogP contribution in [0, 0.1) is 17.8 Å². The molecule has 2 nitrogen and oxygen atoms in total. The predicted molar refractivity (Wildman–Crippen MR) is 137 cm³/mol. The lowest BCUT2D eigenvalue weighted by atomic mass is 9.68. The summed E-state index contributed by atoms with van der Waals surface area (Å²) in [5, 5.41) is 2.92. The maximum atomic E-state index is 11.6. The Morgan fingerprint density at radius 1 is 0.906 bits per heavy atom. The van der Waals surface area contributed by atoms with Crippen molar-refractivity contribution < 1.29 is 4.79 Å². The molecule has 32 heavy (non-hydrogen) atoms. The van der Waals surface area contributed by atoms with Gasteiger partial charge in [-0.3, -0.25) is 4.79 Å². The topological polar surface area (TPSA) is 29.1 Å². The van der Waals surface area contributed by atoms with Crippen molar-refractivity contribution in [3.63, 3.8) is 0 Å². The fourth-order valence-electron chi connectivity index (χ4n) is 6.16. The molecule has 2 saturated carbocycles. The Bertz CT molecular complexity index is 690. The molecule has 0 bridgehead atoms. The first-order chi connectivity index (χ1) is 15.6. The maximum Gasteiger partial charge on any atom is 0.246 e. The van der Waals surface area contributed by atoms with Gasteiger partial charge >= 0.3 is 0 Å². The zero-order valence-electron chi connectivity index (χ0n) is 20.8. The summed E-state index contributed by atoms with van der Waals surface area (Å²) in [7, 11) is 0. The smallest absolute Gasteiger partial charge is 0.246 e. The van der Waals surface area contributed by atoms with Gasteiger partial charge in [-0.25, -0.2) is 0 Å². The second kappa shape index (κ2) is 13.2. The third kappa shape index (κ3) is 7.78. The molecule has 0 spiro atoms. The Hall–Kier alpha value is -1.57. The van der Waals surface area contributed by atoms with Crippen LogP contribution in [0.3, 0.4) is 0 Å². The molecule has 2 heteroatoms. The molecule has 178 valence electrons. The van der Waals surface area contributed by atoms with E-state index in [0.717, 1.165) is 43.1 Å². The van der Waals surface area contributed by atoms with Crippen LogP contribution in [0.5, 0.6) is 0 Å². The Balaban J connectivity index is 1.34. The number of aryl methyl sites for hydroxylation is 1. The standard InChI is InChI=1S/C30H47NO/c1-4-5-6-8-24-10-14-26(15-11-24)28-18-20-29(21-19-28)27-16-12-25(13-17-27)9-7-22-31-30(32)23(2)3/h12-13,16-17,24,26,28-29H,2,4-11,14-15,18-22H2,1,3H3,(H,31,32). The van der Waals surface area contributed by atoms with Gasteiger partial charge in [0, 0.05) is 12.1 Å². The Kier molecular flexibility index (Phi) is 10.3. The molecule has 0 aromatic heterocycles. The third-order valence-corrected chi connectivity index (χ3v) is 8.31. The van der Waals surface area contributed by atoms with E-state index in [9.17, 15) is 4.79 Å². The first kappa shape index (κ1) is 25.1. The minimum absolute atomic E-state index is 0.0315. The lowest BCUT2D eigenvalue weighted by Gasteiger charge is -2.38. The van der Waals surface area contributed by atoms with Gasteiger partial charge < -0.3 is 5.32 Å². The second-order valence-electron chi connectivity index (χ2n) is 10.8. The molecule has 0 saturated heterocycles. The van der Waals surface area contributed by atoms with Crippen LogP contribution in [0.2, 0.25) is 0 Å². The highest BCUT2D eigenvalue weighted by Crippen LogP contribution is 2.44. The van der Waals surface area contributed by atoms with Crippen molar-refractivity contribution in [3.05, 3.63) is 47.5 Å². The van der Waals surface area contributed by atoms with Gasteiger partial charge in [0.1, 0.15) is 0 Å². The summed E-state index contributed by atoms with van der Waals surface area (Å²) in [5.74, 6) is 3.79. The van der Waals surface area contributed by atoms with Crippen LogP contribution >= 0.6 is 0 Å². The summed E-state index contributed by atoms with van der Waals surface area (Å²) in [5.41, 5.74) is 3.50. The van der Waals surface area contributed by atoms with E-state index in [0.29, 0.717) is 5.57 Å². The Labute approximate surface area is 197 Å². The first-order valence-corrected chi connectivity index (χ1v) is 13.6. The number of carbonyl (C=O) groups excluding carboxylic acids is 1. The summed E-state index contributed by atoms with van der Waals surface area (Å²) >= 11 is 0. The highest BCUT2D eigenvalue weighted by molar-refractivity contribution is 5.91. The maximum absolute atomic E-state index is 11.6. The van der Waals surface area contributed by atoms with E-state index in [-0.39, 0.29) is 5.91 Å². The minimum Gasteiger partial charge on any atom is -0.352 e. The lowest BCUT2D eigenvalue weighted by Crippen LogP contribution is -2.25. The lowest BCUT2D eigenvalue weighted by molar-refractivity contribution is -0.117. The number of amides is 1. The molecular formula is C30H47NO. The summed E-state index contributed by atoms with van der Waals surface area (Å²) < 4.78 is 0. The summed E-state index contributed by atoms with van der Waals surface area (Å²) in [6.45, 7) is 8.47. The SMILES string of the molecule is C=C(C)C(=O)NCCCc1ccc(C2CCC(C3CCC(CCCCC)CC3)CC2)cc1. The van der Waals surface area contributed by atoms with Crippen molar-refractivity contribution in [1.82, 2.24) is 5.32 Å². The van der Waals surface area contributed by atoms with Crippen molar-refractivity contribution >= 4 is 5.91 Å². The molecule has 1 amide bonds. The number of carbonyl (C=O) groups is 1. The van der Waals surface area contributed by atoms with Crippen molar-refractivity contribution in [3.8, 4) is 0 Å². The monoisotopic (exact) mass is 437 g/mol. The fourth-order valence-corrected chi connectivity index (χ4v) is 6.16. The summed E-state index contributed by atoms with van der Waals surface area (Å²) in [6, 6.07) is 9.35. The van der Waals surface area contributed by atoms with Gasteiger partial charge in [0.15, 0.2) is 0 Å². The van der Waals surface area contributed by atoms with E-state index in [1.54, 1.807) is 12.5 Å². The molecular weight excluding hydrogens is 390 g/mol. The molecule has 2 fully saturated rings. The third-order valence-electron chi connectivity index (χ3n) is 8.31. The molecule has 0 aliphatic heterocycles. The normalized spacial score (nSPS) is 25.9.